The molecular weight excluding hydrogens is 322 g/mol. The fourth-order valence-electron chi connectivity index (χ4n) is 1.06. The predicted octanol–water partition coefficient (Wildman–Crippen LogP) is 4.31. The fourth-order valence-corrected chi connectivity index (χ4v) is 2.53. The van der Waals surface area contributed by atoms with Gasteiger partial charge in [-0.25, -0.2) is 0 Å². The van der Waals surface area contributed by atoms with Gasteiger partial charge in [0.15, 0.2) is 0 Å². The molecule has 1 aromatic carbocycles. The zero-order valence-corrected chi connectivity index (χ0v) is 12.1. The van der Waals surface area contributed by atoms with E-state index in [1.807, 2.05) is 26.0 Å². The summed E-state index contributed by atoms with van der Waals surface area (Å²) < 4.78 is 6.96. The van der Waals surface area contributed by atoms with E-state index in [4.69, 9.17) is 10.00 Å². The van der Waals surface area contributed by atoms with Crippen LogP contribution in [0.1, 0.15) is 19.4 Å². The van der Waals surface area contributed by atoms with Gasteiger partial charge in [0.2, 0.25) is 0 Å². The summed E-state index contributed by atoms with van der Waals surface area (Å²) in [5.74, 6) is 0.727. The number of methoxy groups -OCH3 is 1. The van der Waals surface area contributed by atoms with Gasteiger partial charge in [-0.3, -0.25) is 0 Å². The van der Waals surface area contributed by atoms with Crippen LogP contribution in [0, 0.1) is 11.3 Å². The van der Waals surface area contributed by atoms with Crippen LogP contribution in [-0.2, 0) is 6.42 Å². The average Bonchev–Trinajstić information content (AvgIpc) is 2.21. The minimum Gasteiger partial charge on any atom is -0.495 e. The molecule has 0 aliphatic heterocycles. The molecule has 2 nitrogen and oxygen atoms in total. The zero-order chi connectivity index (χ0) is 11.8. The van der Waals surface area contributed by atoms with E-state index in [2.05, 4.69) is 37.9 Å². The van der Waals surface area contributed by atoms with E-state index in [9.17, 15) is 0 Å². The molecule has 1 rings (SSSR count). The van der Waals surface area contributed by atoms with Gasteiger partial charge in [-0.05, 0) is 28.1 Å². The lowest BCUT2D eigenvalue weighted by molar-refractivity contribution is 0.408. The molecule has 0 N–H and O–H groups in total. The third-order valence-corrected chi connectivity index (χ3v) is 2.61. The molecule has 0 aliphatic rings. The van der Waals surface area contributed by atoms with Crippen LogP contribution < -0.4 is 4.74 Å². The predicted molar refractivity (Wildman–Crippen MR) is 69.1 cm³/mol. The van der Waals surface area contributed by atoms with E-state index in [1.54, 1.807) is 7.11 Å². The summed E-state index contributed by atoms with van der Waals surface area (Å²) in [6.45, 7) is 4.00. The molecule has 0 saturated heterocycles. The standard InChI is InChI=1S/C9H7Br2NO.C2H6/c1-13-9-6(2-3-12)4-7(10)5-8(9)11;1-2/h4-5H,2H2,1H3;1-2H3. The Labute approximate surface area is 108 Å². The second-order valence-corrected chi connectivity index (χ2v) is 4.18. The van der Waals surface area contributed by atoms with Gasteiger partial charge in [0.25, 0.3) is 0 Å². The Morgan fingerprint density at radius 3 is 2.40 bits per heavy atom. The number of benzene rings is 1. The third-order valence-electron chi connectivity index (χ3n) is 1.56. The second kappa shape index (κ2) is 7.72. The van der Waals surface area contributed by atoms with Crippen molar-refractivity contribution in [3.8, 4) is 11.8 Å². The van der Waals surface area contributed by atoms with E-state index in [-0.39, 0.29) is 0 Å². The van der Waals surface area contributed by atoms with Gasteiger partial charge in [-0.1, -0.05) is 29.8 Å². The highest BCUT2D eigenvalue weighted by molar-refractivity contribution is 9.11. The van der Waals surface area contributed by atoms with Crippen LogP contribution in [0.4, 0.5) is 0 Å². The first kappa shape index (κ1) is 14.5. The molecule has 0 aromatic heterocycles. The number of hydrogen-bond donors (Lipinski definition) is 0. The van der Waals surface area contributed by atoms with Gasteiger partial charge in [-0.2, -0.15) is 5.26 Å². The van der Waals surface area contributed by atoms with E-state index in [0.717, 1.165) is 20.3 Å². The van der Waals surface area contributed by atoms with Crippen LogP contribution in [0.2, 0.25) is 0 Å². The lowest BCUT2D eigenvalue weighted by Gasteiger charge is -2.08. The van der Waals surface area contributed by atoms with Crippen LogP contribution in [0.3, 0.4) is 0 Å². The fraction of sp³-hybridized carbons (Fsp3) is 0.364. The molecule has 0 heterocycles. The second-order valence-electron chi connectivity index (χ2n) is 2.41. The van der Waals surface area contributed by atoms with Crippen molar-refractivity contribution in [2.75, 3.05) is 7.11 Å². The molecule has 0 atom stereocenters. The van der Waals surface area contributed by atoms with Crippen molar-refractivity contribution in [3.05, 3.63) is 26.6 Å². The SMILES string of the molecule is CC.COc1c(Br)cc(Br)cc1CC#N. The number of rotatable bonds is 2. The Morgan fingerprint density at radius 1 is 1.33 bits per heavy atom. The van der Waals surface area contributed by atoms with E-state index in [1.165, 1.54) is 0 Å². The summed E-state index contributed by atoms with van der Waals surface area (Å²) in [4.78, 5) is 0. The van der Waals surface area contributed by atoms with Crippen molar-refractivity contribution in [2.24, 2.45) is 0 Å². The van der Waals surface area contributed by atoms with Gasteiger partial charge < -0.3 is 4.74 Å². The molecule has 1 aromatic rings. The van der Waals surface area contributed by atoms with Crippen molar-refractivity contribution in [2.45, 2.75) is 20.3 Å². The number of nitriles is 1. The van der Waals surface area contributed by atoms with Crippen LogP contribution in [0.25, 0.3) is 0 Å². The van der Waals surface area contributed by atoms with E-state index in [0.29, 0.717) is 6.42 Å². The third kappa shape index (κ3) is 4.23. The van der Waals surface area contributed by atoms with Gasteiger partial charge in [0.05, 0.1) is 24.1 Å². The van der Waals surface area contributed by atoms with E-state index >= 15 is 0 Å². The van der Waals surface area contributed by atoms with Crippen LogP contribution in [-0.4, -0.2) is 7.11 Å². The first-order valence-electron chi connectivity index (χ1n) is 4.58. The first-order chi connectivity index (χ1) is 7.19. The molecule has 0 aliphatic carbocycles. The Morgan fingerprint density at radius 2 is 1.93 bits per heavy atom. The highest BCUT2D eigenvalue weighted by Gasteiger charge is 2.08. The molecule has 0 radical (unpaired) electrons. The molecule has 4 heteroatoms. The average molecular weight is 335 g/mol. The Balaban J connectivity index is 0.000000921. The Kier molecular flexibility index (Phi) is 7.45. The van der Waals surface area contributed by atoms with Crippen molar-refractivity contribution in [1.29, 1.82) is 5.26 Å². The van der Waals surface area contributed by atoms with Crippen molar-refractivity contribution in [1.82, 2.24) is 0 Å². The summed E-state index contributed by atoms with van der Waals surface area (Å²) in [6, 6.07) is 5.86. The van der Waals surface area contributed by atoms with Crippen LogP contribution in [0.15, 0.2) is 21.1 Å². The maximum absolute atomic E-state index is 8.59. The molecule has 15 heavy (non-hydrogen) atoms. The highest BCUT2D eigenvalue weighted by Crippen LogP contribution is 2.32. The number of ether oxygens (including phenoxy) is 1. The zero-order valence-electron chi connectivity index (χ0n) is 8.97. The first-order valence-corrected chi connectivity index (χ1v) is 6.16. The smallest absolute Gasteiger partial charge is 0.137 e. The van der Waals surface area contributed by atoms with Crippen LogP contribution in [0.5, 0.6) is 5.75 Å². The summed E-state index contributed by atoms with van der Waals surface area (Å²) in [5.41, 5.74) is 0.881. The van der Waals surface area contributed by atoms with E-state index < -0.39 is 0 Å². The van der Waals surface area contributed by atoms with Crippen molar-refractivity contribution < 1.29 is 4.74 Å². The molecule has 0 saturated carbocycles. The van der Waals surface area contributed by atoms with Gasteiger partial charge in [0, 0.05) is 10.0 Å². The van der Waals surface area contributed by atoms with Crippen molar-refractivity contribution >= 4 is 31.9 Å². The minimum atomic E-state index is 0.348. The number of halogens is 2. The highest BCUT2D eigenvalue weighted by atomic mass is 79.9. The van der Waals surface area contributed by atoms with Crippen molar-refractivity contribution in [3.63, 3.8) is 0 Å². The molecule has 0 fully saturated rings. The van der Waals surface area contributed by atoms with Gasteiger partial charge in [0.1, 0.15) is 5.75 Å². The minimum absolute atomic E-state index is 0.348. The summed E-state index contributed by atoms with van der Waals surface area (Å²) in [6.07, 6.45) is 0.348. The lowest BCUT2D eigenvalue weighted by atomic mass is 10.1. The van der Waals surface area contributed by atoms with Crippen LogP contribution >= 0.6 is 31.9 Å². The lowest BCUT2D eigenvalue weighted by Crippen LogP contribution is -1.92. The molecule has 0 amide bonds. The molecule has 0 spiro atoms. The monoisotopic (exact) mass is 333 g/mol. The molecule has 0 bridgehead atoms. The number of hydrogen-bond acceptors (Lipinski definition) is 2. The largest absolute Gasteiger partial charge is 0.495 e. The normalized spacial score (nSPS) is 8.53. The summed E-state index contributed by atoms with van der Waals surface area (Å²) in [7, 11) is 1.59. The molecule has 82 valence electrons. The number of nitrogens with zero attached hydrogens (tertiary/aromatic N) is 1. The summed E-state index contributed by atoms with van der Waals surface area (Å²) >= 11 is 6.72. The quantitative estimate of drug-likeness (QED) is 0.807. The van der Waals surface area contributed by atoms with Gasteiger partial charge >= 0.3 is 0 Å². The topological polar surface area (TPSA) is 33.0 Å². The molecule has 0 unspecified atom stereocenters. The Bertz CT molecular complexity index is 358. The maximum atomic E-state index is 8.59. The Hall–Kier alpha value is -0.530. The van der Waals surface area contributed by atoms with Gasteiger partial charge in [-0.15, -0.1) is 0 Å². The summed E-state index contributed by atoms with van der Waals surface area (Å²) in [5, 5.41) is 8.59. The maximum Gasteiger partial charge on any atom is 0.137 e. The molecular formula is C11H13Br2NO.